The number of hydrogen-bond donors (Lipinski definition) is 1. The first-order chi connectivity index (χ1) is 8.91. The van der Waals surface area contributed by atoms with Crippen LogP contribution in [0.5, 0.6) is 0 Å². The Morgan fingerprint density at radius 3 is 2.32 bits per heavy atom. The lowest BCUT2D eigenvalue weighted by Gasteiger charge is -2.24. The Labute approximate surface area is 122 Å². The Kier molecular flexibility index (Phi) is 4.62. The number of benzene rings is 1. The summed E-state index contributed by atoms with van der Waals surface area (Å²) in [5.41, 5.74) is 1.90. The molecule has 1 aliphatic rings. The number of rotatable bonds is 4. The lowest BCUT2D eigenvalue weighted by atomic mass is 9.91. The maximum Gasteiger partial charge on any atom is 0.0294 e. The Bertz CT molecular complexity index is 410. The van der Waals surface area contributed by atoms with E-state index in [4.69, 9.17) is 0 Å². The van der Waals surface area contributed by atoms with Crippen molar-refractivity contribution in [3.8, 4) is 0 Å². The predicted octanol–water partition coefficient (Wildman–Crippen LogP) is 4.88. The number of nitrogens with one attached hydrogen (secondary N) is 1. The molecule has 0 aromatic heterocycles. The second-order valence-electron chi connectivity index (χ2n) is 6.82. The van der Waals surface area contributed by atoms with Crippen molar-refractivity contribution >= 4 is 11.8 Å². The van der Waals surface area contributed by atoms with Gasteiger partial charge in [0.15, 0.2) is 0 Å². The molecular weight excluding hydrogens is 250 g/mol. The van der Waals surface area contributed by atoms with Crippen LogP contribution >= 0.6 is 11.8 Å². The summed E-state index contributed by atoms with van der Waals surface area (Å²) in [6, 6.07) is 10.1. The third-order valence-electron chi connectivity index (χ3n) is 4.41. The molecule has 1 N–H and O–H groups in total. The Morgan fingerprint density at radius 2 is 1.84 bits per heavy atom. The van der Waals surface area contributed by atoms with Crippen LogP contribution in [-0.2, 0) is 0 Å². The fraction of sp³-hybridized carbons (Fsp3) is 0.647. The zero-order valence-corrected chi connectivity index (χ0v) is 13.7. The molecule has 3 unspecified atom stereocenters. The minimum Gasteiger partial charge on any atom is -0.307 e. The van der Waals surface area contributed by atoms with E-state index < -0.39 is 0 Å². The van der Waals surface area contributed by atoms with Crippen molar-refractivity contribution in [2.24, 2.45) is 11.3 Å². The summed E-state index contributed by atoms with van der Waals surface area (Å²) in [6.45, 7) is 9.45. The van der Waals surface area contributed by atoms with E-state index in [-0.39, 0.29) is 0 Å². The minimum absolute atomic E-state index is 0.442. The fourth-order valence-electron chi connectivity index (χ4n) is 3.43. The average Bonchev–Trinajstić information content (AvgIpc) is 2.62. The van der Waals surface area contributed by atoms with Gasteiger partial charge in [-0.3, -0.25) is 0 Å². The highest BCUT2D eigenvalue weighted by atomic mass is 32.2. The summed E-state index contributed by atoms with van der Waals surface area (Å²) >= 11 is 1.80. The topological polar surface area (TPSA) is 12.0 Å². The van der Waals surface area contributed by atoms with Crippen LogP contribution < -0.4 is 5.32 Å². The second kappa shape index (κ2) is 5.88. The lowest BCUT2D eigenvalue weighted by Crippen LogP contribution is -2.33. The minimum atomic E-state index is 0.442. The van der Waals surface area contributed by atoms with Gasteiger partial charge in [-0.15, -0.1) is 11.8 Å². The smallest absolute Gasteiger partial charge is 0.0294 e. The molecule has 1 saturated carbocycles. The maximum absolute atomic E-state index is 3.83. The van der Waals surface area contributed by atoms with Gasteiger partial charge in [0.25, 0.3) is 0 Å². The van der Waals surface area contributed by atoms with Crippen molar-refractivity contribution in [3.63, 3.8) is 0 Å². The summed E-state index contributed by atoms with van der Waals surface area (Å²) in [5, 5.41) is 3.83. The van der Waals surface area contributed by atoms with Gasteiger partial charge >= 0.3 is 0 Å². The molecule has 1 aromatic carbocycles. The van der Waals surface area contributed by atoms with Gasteiger partial charge in [0.05, 0.1) is 0 Å². The molecule has 0 radical (unpaired) electrons. The van der Waals surface area contributed by atoms with Gasteiger partial charge in [-0.2, -0.15) is 0 Å². The molecule has 0 heterocycles. The Morgan fingerprint density at radius 1 is 1.21 bits per heavy atom. The molecular formula is C17H27NS. The third kappa shape index (κ3) is 3.76. The molecule has 106 valence electrons. The summed E-state index contributed by atoms with van der Waals surface area (Å²) in [5.74, 6) is 0.780. The van der Waals surface area contributed by atoms with E-state index >= 15 is 0 Å². The first-order valence-electron chi connectivity index (χ1n) is 7.31. The Balaban J connectivity index is 1.98. The lowest BCUT2D eigenvalue weighted by molar-refractivity contribution is 0.356. The summed E-state index contributed by atoms with van der Waals surface area (Å²) < 4.78 is 0. The van der Waals surface area contributed by atoms with Gasteiger partial charge in [-0.05, 0) is 55.1 Å². The van der Waals surface area contributed by atoms with Gasteiger partial charge in [0.1, 0.15) is 0 Å². The van der Waals surface area contributed by atoms with Crippen LogP contribution in [0, 0.1) is 11.3 Å². The van der Waals surface area contributed by atoms with Crippen LogP contribution in [0.15, 0.2) is 29.2 Å². The molecule has 0 amide bonds. The maximum atomic E-state index is 3.83. The van der Waals surface area contributed by atoms with Crippen LogP contribution in [-0.4, -0.2) is 12.3 Å². The number of hydrogen-bond acceptors (Lipinski definition) is 2. The molecule has 3 atom stereocenters. The summed E-state index contributed by atoms with van der Waals surface area (Å²) in [7, 11) is 0. The largest absolute Gasteiger partial charge is 0.307 e. The molecule has 2 heteroatoms. The molecule has 2 rings (SSSR count). The zero-order valence-electron chi connectivity index (χ0n) is 12.9. The van der Waals surface area contributed by atoms with Crippen LogP contribution in [0.4, 0.5) is 0 Å². The summed E-state index contributed by atoms with van der Waals surface area (Å²) in [4.78, 5) is 1.34. The fourth-order valence-corrected chi connectivity index (χ4v) is 3.84. The summed E-state index contributed by atoms with van der Waals surface area (Å²) in [6.07, 6.45) is 4.75. The molecule has 19 heavy (non-hydrogen) atoms. The van der Waals surface area contributed by atoms with Crippen molar-refractivity contribution in [1.29, 1.82) is 0 Å². The Hall–Kier alpha value is -0.470. The van der Waals surface area contributed by atoms with Gasteiger partial charge < -0.3 is 5.32 Å². The van der Waals surface area contributed by atoms with Gasteiger partial charge in [-0.25, -0.2) is 0 Å². The average molecular weight is 277 g/mol. The van der Waals surface area contributed by atoms with Crippen LogP contribution in [0.1, 0.15) is 52.1 Å². The molecule has 1 aromatic rings. The van der Waals surface area contributed by atoms with E-state index in [1.54, 1.807) is 11.8 Å². The molecule has 1 fully saturated rings. The van der Waals surface area contributed by atoms with E-state index in [1.165, 1.54) is 23.3 Å². The first-order valence-corrected chi connectivity index (χ1v) is 8.54. The SMILES string of the molecule is CSc1ccc(C(C)NC2CC(C)(C)CC2C)cc1. The van der Waals surface area contributed by atoms with E-state index in [2.05, 4.69) is 63.5 Å². The van der Waals surface area contributed by atoms with Gasteiger partial charge in [-0.1, -0.05) is 32.9 Å². The quantitative estimate of drug-likeness (QED) is 0.787. The second-order valence-corrected chi connectivity index (χ2v) is 7.70. The highest BCUT2D eigenvalue weighted by Gasteiger charge is 2.36. The van der Waals surface area contributed by atoms with Crippen molar-refractivity contribution in [3.05, 3.63) is 29.8 Å². The molecule has 1 nitrogen and oxygen atoms in total. The first kappa shape index (κ1) is 14.9. The van der Waals surface area contributed by atoms with Crippen molar-refractivity contribution < 1.29 is 0 Å². The van der Waals surface area contributed by atoms with Crippen molar-refractivity contribution in [1.82, 2.24) is 5.32 Å². The molecule has 0 aliphatic heterocycles. The van der Waals surface area contributed by atoms with Crippen LogP contribution in [0.3, 0.4) is 0 Å². The number of thioether (sulfide) groups is 1. The predicted molar refractivity (Wildman–Crippen MR) is 85.7 cm³/mol. The molecule has 0 saturated heterocycles. The van der Waals surface area contributed by atoms with Gasteiger partial charge in [0.2, 0.25) is 0 Å². The van der Waals surface area contributed by atoms with Gasteiger partial charge in [0, 0.05) is 17.0 Å². The normalized spacial score (nSPS) is 27.4. The highest BCUT2D eigenvalue weighted by molar-refractivity contribution is 7.98. The van der Waals surface area contributed by atoms with E-state index in [0.29, 0.717) is 17.5 Å². The standard InChI is InChI=1S/C17H27NS/c1-12-10-17(3,4)11-16(12)18-13(2)14-6-8-15(19-5)9-7-14/h6-9,12-13,16,18H,10-11H2,1-5H3. The van der Waals surface area contributed by atoms with Crippen molar-refractivity contribution in [2.75, 3.05) is 6.26 Å². The van der Waals surface area contributed by atoms with Crippen LogP contribution in [0.25, 0.3) is 0 Å². The monoisotopic (exact) mass is 277 g/mol. The van der Waals surface area contributed by atoms with Crippen molar-refractivity contribution in [2.45, 2.75) is 57.5 Å². The van der Waals surface area contributed by atoms with Crippen LogP contribution in [0.2, 0.25) is 0 Å². The highest BCUT2D eigenvalue weighted by Crippen LogP contribution is 2.41. The van der Waals surface area contributed by atoms with E-state index in [9.17, 15) is 0 Å². The molecule has 0 bridgehead atoms. The zero-order chi connectivity index (χ0) is 14.0. The molecule has 0 spiro atoms. The third-order valence-corrected chi connectivity index (χ3v) is 5.16. The molecule has 1 aliphatic carbocycles. The van der Waals surface area contributed by atoms with E-state index in [0.717, 1.165) is 5.92 Å². The van der Waals surface area contributed by atoms with E-state index in [1.807, 2.05) is 0 Å².